The van der Waals surface area contributed by atoms with Crippen LogP contribution in [0.4, 0.5) is 0 Å². The van der Waals surface area contributed by atoms with Gasteiger partial charge < -0.3 is 4.42 Å². The van der Waals surface area contributed by atoms with Crippen LogP contribution < -0.4 is 0 Å². The largest absolute Gasteiger partial charge is 0.435 e. The third-order valence-electron chi connectivity index (χ3n) is 3.75. The number of halogens is 1. The predicted octanol–water partition coefficient (Wildman–Crippen LogP) is 6.00. The van der Waals surface area contributed by atoms with Crippen LogP contribution >= 0.6 is 15.9 Å². The molecule has 3 aromatic rings. The average Bonchev–Trinajstić information content (AvgIpc) is 2.82. The van der Waals surface area contributed by atoms with Crippen molar-refractivity contribution in [2.24, 2.45) is 0 Å². The van der Waals surface area contributed by atoms with Crippen molar-refractivity contribution < 1.29 is 4.42 Å². The molecule has 2 nitrogen and oxygen atoms in total. The molecular weight excluding hydrogens is 326 g/mol. The molecule has 0 fully saturated rings. The summed E-state index contributed by atoms with van der Waals surface area (Å²) in [4.78, 5) is 4.68. The maximum atomic E-state index is 5.98. The number of benzene rings is 2. The number of fused-ring (bicyclic) bond motifs is 1. The smallest absolute Gasteiger partial charge is 0.227 e. The van der Waals surface area contributed by atoms with E-state index in [0.29, 0.717) is 11.8 Å². The van der Waals surface area contributed by atoms with E-state index in [4.69, 9.17) is 4.42 Å². The van der Waals surface area contributed by atoms with Crippen molar-refractivity contribution in [1.82, 2.24) is 4.98 Å². The average molecular weight is 344 g/mol. The van der Waals surface area contributed by atoms with Crippen molar-refractivity contribution in [3.8, 4) is 11.5 Å². The van der Waals surface area contributed by atoms with Crippen LogP contribution in [-0.2, 0) is 0 Å². The monoisotopic (exact) mass is 343 g/mol. The van der Waals surface area contributed by atoms with Crippen molar-refractivity contribution >= 4 is 27.0 Å². The summed E-state index contributed by atoms with van der Waals surface area (Å²) < 4.78 is 6.95. The second-order valence-electron chi connectivity index (χ2n) is 5.84. The van der Waals surface area contributed by atoms with E-state index in [1.54, 1.807) is 0 Å². The summed E-state index contributed by atoms with van der Waals surface area (Å²) in [6, 6.07) is 10.5. The minimum absolute atomic E-state index is 0.465. The SMILES string of the molecule is Cc1ccc(-c2nc3cc(C(C)C)cc(Br)c3o2)c(C)c1. The summed E-state index contributed by atoms with van der Waals surface area (Å²) in [5, 5.41) is 0. The Labute approximate surface area is 133 Å². The summed E-state index contributed by atoms with van der Waals surface area (Å²) in [7, 11) is 0. The molecular formula is C18H18BrNO. The number of rotatable bonds is 2. The number of hydrogen-bond donors (Lipinski definition) is 0. The normalized spacial score (nSPS) is 11.5. The molecule has 3 heteroatoms. The second-order valence-corrected chi connectivity index (χ2v) is 6.70. The van der Waals surface area contributed by atoms with E-state index in [2.05, 4.69) is 78.9 Å². The van der Waals surface area contributed by atoms with Crippen molar-refractivity contribution in [2.45, 2.75) is 33.6 Å². The van der Waals surface area contributed by atoms with Crippen LogP contribution in [0.3, 0.4) is 0 Å². The van der Waals surface area contributed by atoms with Gasteiger partial charge >= 0.3 is 0 Å². The lowest BCUT2D eigenvalue weighted by Gasteiger charge is -2.04. The lowest BCUT2D eigenvalue weighted by Crippen LogP contribution is -1.87. The summed E-state index contributed by atoms with van der Waals surface area (Å²) in [6.07, 6.45) is 0. The first-order chi connectivity index (χ1) is 9.95. The van der Waals surface area contributed by atoms with Crippen molar-refractivity contribution in [3.63, 3.8) is 0 Å². The third-order valence-corrected chi connectivity index (χ3v) is 4.34. The summed E-state index contributed by atoms with van der Waals surface area (Å²) >= 11 is 3.60. The van der Waals surface area contributed by atoms with E-state index >= 15 is 0 Å². The fourth-order valence-corrected chi connectivity index (χ4v) is 3.06. The quantitative estimate of drug-likeness (QED) is 0.570. The first-order valence-electron chi connectivity index (χ1n) is 7.13. The Kier molecular flexibility index (Phi) is 3.62. The van der Waals surface area contributed by atoms with Gasteiger partial charge in [-0.3, -0.25) is 0 Å². The zero-order valence-corrected chi connectivity index (χ0v) is 14.3. The molecule has 0 aliphatic rings. The molecule has 21 heavy (non-hydrogen) atoms. The zero-order chi connectivity index (χ0) is 15.1. The van der Waals surface area contributed by atoms with Gasteiger partial charge in [-0.25, -0.2) is 4.98 Å². The lowest BCUT2D eigenvalue weighted by molar-refractivity contribution is 0.617. The van der Waals surface area contributed by atoms with E-state index in [-0.39, 0.29) is 0 Å². The minimum atomic E-state index is 0.465. The first-order valence-corrected chi connectivity index (χ1v) is 7.92. The number of aryl methyl sites for hydroxylation is 2. The molecule has 0 unspecified atom stereocenters. The molecule has 0 aliphatic heterocycles. The van der Waals surface area contributed by atoms with E-state index in [0.717, 1.165) is 21.1 Å². The van der Waals surface area contributed by atoms with Crippen LogP contribution in [0.25, 0.3) is 22.6 Å². The molecule has 0 saturated heterocycles. The Balaban J connectivity index is 2.19. The molecule has 0 bridgehead atoms. The predicted molar refractivity (Wildman–Crippen MR) is 90.7 cm³/mol. The van der Waals surface area contributed by atoms with Crippen molar-refractivity contribution in [2.75, 3.05) is 0 Å². The maximum Gasteiger partial charge on any atom is 0.227 e. The van der Waals surface area contributed by atoms with E-state index in [1.807, 2.05) is 0 Å². The molecule has 0 saturated carbocycles. The number of aromatic nitrogens is 1. The Hall–Kier alpha value is -1.61. The van der Waals surface area contributed by atoms with Crippen molar-refractivity contribution in [1.29, 1.82) is 0 Å². The lowest BCUT2D eigenvalue weighted by atomic mass is 10.0. The molecule has 0 radical (unpaired) electrons. The molecule has 0 atom stereocenters. The molecule has 3 rings (SSSR count). The topological polar surface area (TPSA) is 26.0 Å². The van der Waals surface area contributed by atoms with Crippen LogP contribution in [0.2, 0.25) is 0 Å². The van der Waals surface area contributed by atoms with Crippen LogP contribution in [0, 0.1) is 13.8 Å². The Morgan fingerprint density at radius 1 is 1.10 bits per heavy atom. The standard InChI is InChI=1S/C18H18BrNO/c1-10(2)13-8-15(19)17-16(9-13)20-18(21-17)14-6-5-11(3)7-12(14)4/h5-10H,1-4H3. The fraction of sp³-hybridized carbons (Fsp3) is 0.278. The van der Waals surface area contributed by atoms with Gasteiger partial charge in [-0.15, -0.1) is 0 Å². The van der Waals surface area contributed by atoms with Gasteiger partial charge in [0.25, 0.3) is 0 Å². The number of nitrogens with zero attached hydrogens (tertiary/aromatic N) is 1. The number of oxazole rings is 1. The van der Waals surface area contributed by atoms with Gasteiger partial charge in [0, 0.05) is 5.56 Å². The minimum Gasteiger partial charge on any atom is -0.435 e. The summed E-state index contributed by atoms with van der Waals surface area (Å²) in [5.74, 6) is 1.15. The highest BCUT2D eigenvalue weighted by Gasteiger charge is 2.14. The number of hydrogen-bond acceptors (Lipinski definition) is 2. The van der Waals surface area contributed by atoms with Gasteiger partial charge in [-0.05, 0) is 65.0 Å². The summed E-state index contributed by atoms with van der Waals surface area (Å²) in [5.41, 5.74) is 6.46. The molecule has 0 N–H and O–H groups in total. The molecule has 0 spiro atoms. The van der Waals surface area contributed by atoms with Crippen LogP contribution in [-0.4, -0.2) is 4.98 Å². The Morgan fingerprint density at radius 3 is 2.52 bits per heavy atom. The fourth-order valence-electron chi connectivity index (χ4n) is 2.51. The van der Waals surface area contributed by atoms with Gasteiger partial charge in [0.2, 0.25) is 5.89 Å². The molecule has 0 aliphatic carbocycles. The van der Waals surface area contributed by atoms with Crippen LogP contribution in [0.1, 0.15) is 36.5 Å². The maximum absolute atomic E-state index is 5.98. The molecule has 0 amide bonds. The van der Waals surface area contributed by atoms with Gasteiger partial charge in [0.05, 0.1) is 4.47 Å². The van der Waals surface area contributed by atoms with E-state index < -0.39 is 0 Å². The van der Waals surface area contributed by atoms with Gasteiger partial charge in [-0.1, -0.05) is 31.5 Å². The summed E-state index contributed by atoms with van der Waals surface area (Å²) in [6.45, 7) is 8.54. The molecule has 108 valence electrons. The van der Waals surface area contributed by atoms with E-state index in [9.17, 15) is 0 Å². The van der Waals surface area contributed by atoms with Gasteiger partial charge in [0.1, 0.15) is 5.52 Å². The molecule has 1 heterocycles. The second kappa shape index (κ2) is 5.30. The highest BCUT2D eigenvalue weighted by atomic mass is 79.9. The van der Waals surface area contributed by atoms with Crippen LogP contribution in [0.15, 0.2) is 39.2 Å². The molecule has 1 aromatic heterocycles. The highest BCUT2D eigenvalue weighted by molar-refractivity contribution is 9.10. The third kappa shape index (κ3) is 2.62. The first kappa shape index (κ1) is 14.3. The molecule has 2 aromatic carbocycles. The van der Waals surface area contributed by atoms with Gasteiger partial charge in [0.15, 0.2) is 5.58 Å². The zero-order valence-electron chi connectivity index (χ0n) is 12.7. The van der Waals surface area contributed by atoms with Gasteiger partial charge in [-0.2, -0.15) is 0 Å². The van der Waals surface area contributed by atoms with E-state index in [1.165, 1.54) is 16.7 Å². The Morgan fingerprint density at radius 2 is 1.86 bits per heavy atom. The highest BCUT2D eigenvalue weighted by Crippen LogP contribution is 2.33. The Bertz CT molecular complexity index is 817. The van der Waals surface area contributed by atoms with Crippen LogP contribution in [0.5, 0.6) is 0 Å². The van der Waals surface area contributed by atoms with Crippen molar-refractivity contribution in [3.05, 3.63) is 51.5 Å².